The first kappa shape index (κ1) is 13.8. The lowest BCUT2D eigenvalue weighted by Crippen LogP contribution is -2.42. The minimum atomic E-state index is -0.374. The summed E-state index contributed by atoms with van der Waals surface area (Å²) in [7, 11) is 0. The Hall–Kier alpha value is -1.81. The van der Waals surface area contributed by atoms with Gasteiger partial charge in [-0.1, -0.05) is 0 Å². The van der Waals surface area contributed by atoms with Crippen molar-refractivity contribution in [2.75, 3.05) is 13.1 Å². The van der Waals surface area contributed by atoms with Crippen LogP contribution in [0.5, 0.6) is 0 Å². The molecular weight excluding hydrogens is 276 g/mol. The number of carbonyl (C=O) groups excluding carboxylic acids is 1. The van der Waals surface area contributed by atoms with Gasteiger partial charge in [0, 0.05) is 35.2 Å². The van der Waals surface area contributed by atoms with Crippen LogP contribution < -0.4 is 0 Å². The number of amides is 1. The minimum absolute atomic E-state index is 0.0476. The lowest BCUT2D eigenvalue weighted by Gasteiger charge is -2.30. The van der Waals surface area contributed by atoms with E-state index in [-0.39, 0.29) is 12.0 Å². The second kappa shape index (κ2) is 5.43. The van der Waals surface area contributed by atoms with E-state index in [0.717, 1.165) is 43.3 Å². The van der Waals surface area contributed by atoms with Gasteiger partial charge in [0.1, 0.15) is 0 Å². The summed E-state index contributed by atoms with van der Waals surface area (Å²) in [5, 5.41) is 11.0. The van der Waals surface area contributed by atoms with E-state index in [1.807, 2.05) is 18.2 Å². The van der Waals surface area contributed by atoms with Crippen molar-refractivity contribution < 1.29 is 9.90 Å². The summed E-state index contributed by atoms with van der Waals surface area (Å²) in [6, 6.07) is 5.98. The first-order valence-electron chi connectivity index (χ1n) is 8.33. The van der Waals surface area contributed by atoms with E-state index in [9.17, 15) is 9.90 Å². The molecule has 2 N–H and O–H groups in total. The quantitative estimate of drug-likeness (QED) is 0.850. The zero-order valence-corrected chi connectivity index (χ0v) is 12.8. The Morgan fingerprint density at radius 2 is 2.09 bits per heavy atom. The van der Waals surface area contributed by atoms with E-state index in [1.165, 1.54) is 29.5 Å². The summed E-state index contributed by atoms with van der Waals surface area (Å²) in [6.45, 7) is 1.21. The highest BCUT2D eigenvalue weighted by Gasteiger charge is 2.24. The van der Waals surface area contributed by atoms with Gasteiger partial charge in [-0.3, -0.25) is 4.79 Å². The number of aromatic amines is 1. The summed E-state index contributed by atoms with van der Waals surface area (Å²) in [5.41, 5.74) is 4.63. The lowest BCUT2D eigenvalue weighted by atomic mass is 9.95. The molecule has 1 fully saturated rings. The summed E-state index contributed by atoms with van der Waals surface area (Å²) >= 11 is 0. The summed E-state index contributed by atoms with van der Waals surface area (Å²) in [4.78, 5) is 18.0. The molecule has 2 aromatic rings. The van der Waals surface area contributed by atoms with Gasteiger partial charge in [-0.2, -0.15) is 0 Å². The molecule has 0 spiro atoms. The number of piperidine rings is 1. The van der Waals surface area contributed by atoms with Crippen molar-refractivity contribution in [1.29, 1.82) is 0 Å². The normalized spacial score (nSPS) is 21.9. The van der Waals surface area contributed by atoms with Gasteiger partial charge in [-0.05, 0) is 62.3 Å². The molecule has 1 amide bonds. The van der Waals surface area contributed by atoms with Gasteiger partial charge >= 0.3 is 0 Å². The number of hydrogen-bond donors (Lipinski definition) is 2. The fourth-order valence-corrected chi connectivity index (χ4v) is 3.86. The predicted octanol–water partition coefficient (Wildman–Crippen LogP) is 2.64. The third-order valence-corrected chi connectivity index (χ3v) is 5.03. The Labute approximate surface area is 130 Å². The second-order valence-corrected chi connectivity index (χ2v) is 6.60. The fourth-order valence-electron chi connectivity index (χ4n) is 3.86. The molecule has 0 radical (unpaired) electrons. The van der Waals surface area contributed by atoms with Crippen molar-refractivity contribution >= 4 is 16.8 Å². The van der Waals surface area contributed by atoms with Crippen LogP contribution in [0.3, 0.4) is 0 Å². The molecule has 1 aromatic heterocycles. The van der Waals surface area contributed by atoms with Crippen molar-refractivity contribution in [3.63, 3.8) is 0 Å². The second-order valence-electron chi connectivity index (χ2n) is 6.60. The van der Waals surface area contributed by atoms with Crippen LogP contribution in [0.15, 0.2) is 18.2 Å². The van der Waals surface area contributed by atoms with Crippen molar-refractivity contribution in [1.82, 2.24) is 9.88 Å². The van der Waals surface area contributed by atoms with E-state index in [2.05, 4.69) is 4.98 Å². The third kappa shape index (κ3) is 2.31. The number of aliphatic hydroxyl groups is 1. The fraction of sp³-hybridized carbons (Fsp3) is 0.500. The maximum Gasteiger partial charge on any atom is 0.253 e. The maximum atomic E-state index is 12.7. The van der Waals surface area contributed by atoms with Gasteiger partial charge in [-0.15, -0.1) is 0 Å². The zero-order chi connectivity index (χ0) is 15.1. The number of aliphatic hydroxyl groups excluding tert-OH is 1. The number of benzene rings is 1. The molecular formula is C18H22N2O2. The first-order valence-corrected chi connectivity index (χ1v) is 8.33. The number of aromatic nitrogens is 1. The number of carbonyl (C=O) groups is 1. The number of hydrogen-bond acceptors (Lipinski definition) is 2. The number of nitrogens with zero attached hydrogens (tertiary/aromatic N) is 1. The maximum absolute atomic E-state index is 12.7. The van der Waals surface area contributed by atoms with Crippen LogP contribution in [0.4, 0.5) is 0 Å². The van der Waals surface area contributed by atoms with Crippen molar-refractivity contribution in [2.24, 2.45) is 0 Å². The molecule has 2 heterocycles. The highest BCUT2D eigenvalue weighted by Crippen LogP contribution is 2.30. The Bertz CT molecular complexity index is 719. The molecule has 1 aliphatic heterocycles. The van der Waals surface area contributed by atoms with Gasteiger partial charge in [0.2, 0.25) is 0 Å². The van der Waals surface area contributed by atoms with Crippen molar-refractivity contribution in [2.45, 2.75) is 44.6 Å². The van der Waals surface area contributed by atoms with E-state index >= 15 is 0 Å². The standard InChI is InChI=1S/C18H22N2O2/c21-13-4-3-9-20(11-13)18(22)12-7-8-17-15(10-12)14-5-1-2-6-16(14)19-17/h7-8,10,13,19,21H,1-6,9,11H2/t13-/m1/s1. The van der Waals surface area contributed by atoms with Crippen LogP contribution in [0.2, 0.25) is 0 Å². The molecule has 116 valence electrons. The average molecular weight is 298 g/mol. The van der Waals surface area contributed by atoms with Crippen LogP contribution in [0, 0.1) is 0 Å². The van der Waals surface area contributed by atoms with E-state index in [0.29, 0.717) is 6.54 Å². The van der Waals surface area contributed by atoms with Gasteiger partial charge in [-0.25, -0.2) is 0 Å². The van der Waals surface area contributed by atoms with Crippen LogP contribution in [0.1, 0.15) is 47.3 Å². The first-order chi connectivity index (χ1) is 10.7. The highest BCUT2D eigenvalue weighted by atomic mass is 16.3. The minimum Gasteiger partial charge on any atom is -0.391 e. The predicted molar refractivity (Wildman–Crippen MR) is 86.1 cm³/mol. The van der Waals surface area contributed by atoms with Crippen molar-refractivity contribution in [3.8, 4) is 0 Å². The number of likely N-dealkylation sites (tertiary alicyclic amines) is 1. The van der Waals surface area contributed by atoms with Crippen LogP contribution in [-0.2, 0) is 12.8 Å². The summed E-state index contributed by atoms with van der Waals surface area (Å²) in [5.74, 6) is 0.0476. The number of fused-ring (bicyclic) bond motifs is 3. The number of rotatable bonds is 1. The SMILES string of the molecule is O=C(c1ccc2[nH]c3c(c2c1)CCCC3)N1CCC[C@@H](O)C1. The molecule has 4 nitrogen and oxygen atoms in total. The molecule has 1 aliphatic carbocycles. The third-order valence-electron chi connectivity index (χ3n) is 5.03. The number of aryl methyl sites for hydroxylation is 2. The molecule has 4 heteroatoms. The van der Waals surface area contributed by atoms with Crippen molar-refractivity contribution in [3.05, 3.63) is 35.0 Å². The number of H-pyrrole nitrogens is 1. The molecule has 2 aliphatic rings. The largest absolute Gasteiger partial charge is 0.391 e. The molecule has 1 saturated heterocycles. The van der Waals surface area contributed by atoms with E-state index in [4.69, 9.17) is 0 Å². The lowest BCUT2D eigenvalue weighted by molar-refractivity contribution is 0.0474. The Morgan fingerprint density at radius 1 is 1.23 bits per heavy atom. The smallest absolute Gasteiger partial charge is 0.253 e. The van der Waals surface area contributed by atoms with Gasteiger partial charge in [0.05, 0.1) is 6.10 Å². The Morgan fingerprint density at radius 3 is 2.95 bits per heavy atom. The van der Waals surface area contributed by atoms with Crippen LogP contribution in [0.25, 0.3) is 10.9 Å². The Kier molecular flexibility index (Phi) is 3.41. The number of nitrogens with one attached hydrogen (secondary N) is 1. The number of β-amino-alcohol motifs (C(OH)–C–C–N with tert-alkyl or cyclic N) is 1. The summed E-state index contributed by atoms with van der Waals surface area (Å²) < 4.78 is 0. The van der Waals surface area contributed by atoms with Crippen LogP contribution in [-0.4, -0.2) is 40.1 Å². The molecule has 1 aromatic carbocycles. The molecule has 0 unspecified atom stereocenters. The van der Waals surface area contributed by atoms with Gasteiger partial charge in [0.15, 0.2) is 0 Å². The van der Waals surface area contributed by atoms with E-state index in [1.54, 1.807) is 4.90 Å². The summed E-state index contributed by atoms with van der Waals surface area (Å²) in [6.07, 6.45) is 6.01. The molecule has 4 rings (SSSR count). The Balaban J connectivity index is 1.68. The van der Waals surface area contributed by atoms with Gasteiger partial charge < -0.3 is 15.0 Å². The molecule has 0 bridgehead atoms. The highest BCUT2D eigenvalue weighted by molar-refractivity contribution is 5.99. The monoisotopic (exact) mass is 298 g/mol. The topological polar surface area (TPSA) is 56.3 Å². The molecule has 22 heavy (non-hydrogen) atoms. The van der Waals surface area contributed by atoms with Gasteiger partial charge in [0.25, 0.3) is 5.91 Å². The zero-order valence-electron chi connectivity index (χ0n) is 12.8. The molecule has 0 saturated carbocycles. The molecule has 1 atom stereocenters. The van der Waals surface area contributed by atoms with E-state index < -0.39 is 0 Å². The van der Waals surface area contributed by atoms with Crippen LogP contribution >= 0.6 is 0 Å². The average Bonchev–Trinajstić information content (AvgIpc) is 2.92.